The molecular formula is C12H16N6O2. The Kier molecular flexibility index (Phi) is 4.34. The van der Waals surface area contributed by atoms with Crippen LogP contribution >= 0.6 is 0 Å². The van der Waals surface area contributed by atoms with Gasteiger partial charge in [0.1, 0.15) is 0 Å². The molecule has 0 radical (unpaired) electrons. The first-order chi connectivity index (χ1) is 9.58. The fraction of sp³-hybridized carbons (Fsp3) is 0.500. The quantitative estimate of drug-likeness (QED) is 0.834. The van der Waals surface area contributed by atoms with E-state index in [4.69, 9.17) is 0 Å². The largest absolute Gasteiger partial charge is 0.481 e. The number of carbonyl (C=O) groups is 1. The molecule has 2 rings (SSSR count). The number of carboxylic acid groups (broad SMARTS) is 1. The minimum Gasteiger partial charge on any atom is -0.481 e. The second-order valence-corrected chi connectivity index (χ2v) is 4.98. The van der Waals surface area contributed by atoms with E-state index in [1.54, 1.807) is 12.3 Å². The Labute approximate surface area is 115 Å². The first-order valence-corrected chi connectivity index (χ1v) is 6.34. The average molecular weight is 276 g/mol. The van der Waals surface area contributed by atoms with Gasteiger partial charge in [0, 0.05) is 5.56 Å². The van der Waals surface area contributed by atoms with Gasteiger partial charge < -0.3 is 5.11 Å². The van der Waals surface area contributed by atoms with Crippen molar-refractivity contribution in [3.05, 3.63) is 18.5 Å². The normalized spacial score (nSPS) is 12.6. The van der Waals surface area contributed by atoms with E-state index in [0.29, 0.717) is 23.7 Å². The van der Waals surface area contributed by atoms with Gasteiger partial charge in [-0.25, -0.2) is 4.68 Å². The highest BCUT2D eigenvalue weighted by atomic mass is 16.4. The fourth-order valence-electron chi connectivity index (χ4n) is 1.99. The number of hydrogen-bond acceptors (Lipinski definition) is 6. The predicted molar refractivity (Wildman–Crippen MR) is 69.4 cm³/mol. The van der Waals surface area contributed by atoms with Crippen molar-refractivity contribution in [3.8, 4) is 11.4 Å². The number of carboxylic acids is 1. The first kappa shape index (κ1) is 14.0. The molecule has 1 unspecified atom stereocenters. The summed E-state index contributed by atoms with van der Waals surface area (Å²) in [6.45, 7) is 4.21. The number of nitrogens with zero attached hydrogens (tertiary/aromatic N) is 6. The van der Waals surface area contributed by atoms with E-state index in [1.165, 1.54) is 10.9 Å². The van der Waals surface area contributed by atoms with E-state index >= 15 is 0 Å². The maximum absolute atomic E-state index is 11.3. The van der Waals surface area contributed by atoms with Crippen molar-refractivity contribution in [2.24, 2.45) is 11.8 Å². The van der Waals surface area contributed by atoms with Crippen molar-refractivity contribution in [1.29, 1.82) is 0 Å². The molecule has 0 aromatic carbocycles. The highest BCUT2D eigenvalue weighted by Gasteiger charge is 2.22. The van der Waals surface area contributed by atoms with Crippen molar-refractivity contribution in [3.63, 3.8) is 0 Å². The molecule has 2 aromatic rings. The molecule has 0 saturated heterocycles. The van der Waals surface area contributed by atoms with Crippen LogP contribution in [0.1, 0.15) is 20.3 Å². The third-order valence-electron chi connectivity index (χ3n) is 2.87. The second kappa shape index (κ2) is 6.18. The van der Waals surface area contributed by atoms with Gasteiger partial charge in [-0.05, 0) is 28.8 Å². The zero-order valence-corrected chi connectivity index (χ0v) is 11.3. The molecule has 0 aliphatic carbocycles. The molecule has 0 aliphatic rings. The molecule has 20 heavy (non-hydrogen) atoms. The monoisotopic (exact) mass is 276 g/mol. The van der Waals surface area contributed by atoms with Gasteiger partial charge in [0.2, 0.25) is 0 Å². The summed E-state index contributed by atoms with van der Waals surface area (Å²) in [5.41, 5.74) is 0.707. The van der Waals surface area contributed by atoms with Gasteiger partial charge in [-0.2, -0.15) is 10.2 Å². The van der Waals surface area contributed by atoms with Crippen molar-refractivity contribution in [2.45, 2.75) is 26.8 Å². The topological polar surface area (TPSA) is 107 Å². The summed E-state index contributed by atoms with van der Waals surface area (Å²) < 4.78 is 1.50. The maximum Gasteiger partial charge on any atom is 0.308 e. The van der Waals surface area contributed by atoms with Crippen LogP contribution < -0.4 is 0 Å². The molecule has 0 amide bonds. The second-order valence-electron chi connectivity index (χ2n) is 4.98. The lowest BCUT2D eigenvalue weighted by Crippen LogP contribution is -2.23. The van der Waals surface area contributed by atoms with Crippen LogP contribution in [-0.4, -0.2) is 41.5 Å². The van der Waals surface area contributed by atoms with Gasteiger partial charge in [0.05, 0.1) is 24.9 Å². The number of rotatable bonds is 6. The van der Waals surface area contributed by atoms with E-state index in [1.807, 2.05) is 13.8 Å². The van der Waals surface area contributed by atoms with Crippen LogP contribution in [0, 0.1) is 11.8 Å². The standard InChI is InChI=1S/C12H16N6O2/c1-8(2)5-10(12(19)20)7-18-11(15-16-17-18)9-3-4-13-14-6-9/h3-4,6,8,10H,5,7H2,1-2H3,(H,19,20). The molecule has 106 valence electrons. The zero-order valence-electron chi connectivity index (χ0n) is 11.3. The summed E-state index contributed by atoms with van der Waals surface area (Å²) >= 11 is 0. The molecule has 0 bridgehead atoms. The van der Waals surface area contributed by atoms with Crippen LogP contribution in [0.2, 0.25) is 0 Å². The SMILES string of the molecule is CC(C)CC(Cn1nnnc1-c1ccnnc1)C(=O)O. The van der Waals surface area contributed by atoms with E-state index in [9.17, 15) is 9.90 Å². The summed E-state index contributed by atoms with van der Waals surface area (Å²) in [5, 5.41) is 28.1. The van der Waals surface area contributed by atoms with E-state index in [-0.39, 0.29) is 6.54 Å². The van der Waals surface area contributed by atoms with Crippen molar-refractivity contribution >= 4 is 5.97 Å². The summed E-state index contributed by atoms with van der Waals surface area (Å²) in [6, 6.07) is 1.73. The molecule has 0 spiro atoms. The van der Waals surface area contributed by atoms with Crippen LogP contribution in [0.15, 0.2) is 18.5 Å². The molecule has 0 fully saturated rings. The molecule has 8 heteroatoms. The Balaban J connectivity index is 2.22. The molecule has 1 N–H and O–H groups in total. The predicted octanol–water partition coefficient (Wildman–Crippen LogP) is 0.877. The molecule has 8 nitrogen and oxygen atoms in total. The Bertz CT molecular complexity index is 568. The van der Waals surface area contributed by atoms with Gasteiger partial charge in [-0.15, -0.1) is 5.10 Å². The summed E-state index contributed by atoms with van der Waals surface area (Å²) in [4.78, 5) is 11.3. The summed E-state index contributed by atoms with van der Waals surface area (Å²) in [7, 11) is 0. The third kappa shape index (κ3) is 3.34. The minimum atomic E-state index is -0.840. The van der Waals surface area contributed by atoms with E-state index < -0.39 is 11.9 Å². The number of aromatic nitrogens is 6. The molecule has 2 heterocycles. The molecular weight excluding hydrogens is 260 g/mol. The number of aliphatic carboxylic acids is 1. The van der Waals surface area contributed by atoms with Gasteiger partial charge in [-0.1, -0.05) is 13.8 Å². The Hall–Kier alpha value is -2.38. The van der Waals surface area contributed by atoms with Crippen LogP contribution in [0.5, 0.6) is 0 Å². The number of tetrazole rings is 1. The first-order valence-electron chi connectivity index (χ1n) is 6.34. The van der Waals surface area contributed by atoms with E-state index in [2.05, 4.69) is 25.7 Å². The molecule has 2 aromatic heterocycles. The lowest BCUT2D eigenvalue weighted by molar-refractivity contribution is -0.142. The third-order valence-corrected chi connectivity index (χ3v) is 2.87. The van der Waals surface area contributed by atoms with Crippen molar-refractivity contribution in [1.82, 2.24) is 30.4 Å². The van der Waals surface area contributed by atoms with Crippen LogP contribution in [0.3, 0.4) is 0 Å². The van der Waals surface area contributed by atoms with Crippen LogP contribution in [-0.2, 0) is 11.3 Å². The molecule has 1 atom stereocenters. The van der Waals surface area contributed by atoms with Crippen LogP contribution in [0.4, 0.5) is 0 Å². The lowest BCUT2D eigenvalue weighted by Gasteiger charge is -2.14. The Morgan fingerprint density at radius 1 is 1.40 bits per heavy atom. The van der Waals surface area contributed by atoms with Crippen molar-refractivity contribution in [2.75, 3.05) is 0 Å². The smallest absolute Gasteiger partial charge is 0.308 e. The summed E-state index contributed by atoms with van der Waals surface area (Å²) in [5.74, 6) is -0.575. The summed E-state index contributed by atoms with van der Waals surface area (Å²) in [6.07, 6.45) is 3.65. The fourth-order valence-corrected chi connectivity index (χ4v) is 1.99. The Morgan fingerprint density at radius 3 is 2.80 bits per heavy atom. The average Bonchev–Trinajstić information content (AvgIpc) is 2.86. The zero-order chi connectivity index (χ0) is 14.5. The minimum absolute atomic E-state index is 0.234. The lowest BCUT2D eigenvalue weighted by atomic mass is 9.97. The van der Waals surface area contributed by atoms with Gasteiger partial charge in [-0.3, -0.25) is 4.79 Å². The van der Waals surface area contributed by atoms with Gasteiger partial charge >= 0.3 is 5.97 Å². The Morgan fingerprint density at radius 2 is 2.20 bits per heavy atom. The van der Waals surface area contributed by atoms with Gasteiger partial charge in [0.15, 0.2) is 5.82 Å². The highest BCUT2D eigenvalue weighted by molar-refractivity contribution is 5.70. The molecule has 0 saturated carbocycles. The number of hydrogen-bond donors (Lipinski definition) is 1. The van der Waals surface area contributed by atoms with Crippen LogP contribution in [0.25, 0.3) is 11.4 Å². The van der Waals surface area contributed by atoms with Crippen molar-refractivity contribution < 1.29 is 9.90 Å². The maximum atomic E-state index is 11.3. The van der Waals surface area contributed by atoms with Gasteiger partial charge in [0.25, 0.3) is 0 Å². The highest BCUT2D eigenvalue weighted by Crippen LogP contribution is 2.18. The molecule has 0 aliphatic heterocycles. The van der Waals surface area contributed by atoms with E-state index in [0.717, 1.165) is 0 Å².